The van der Waals surface area contributed by atoms with E-state index in [1.54, 1.807) is 17.5 Å². The highest BCUT2D eigenvalue weighted by atomic mass is 35.5. The summed E-state index contributed by atoms with van der Waals surface area (Å²) in [5.41, 5.74) is 4.05. The van der Waals surface area contributed by atoms with Gasteiger partial charge in [0.15, 0.2) is 0 Å². The SMILES string of the molecule is Cc1ncsc1CN(C)Cc1cccnc1Cl. The Labute approximate surface area is 110 Å². The number of aryl methyl sites for hydroxylation is 1. The maximum Gasteiger partial charge on any atom is 0.133 e. The molecular formula is C12H14ClN3S. The Kier molecular flexibility index (Phi) is 4.10. The van der Waals surface area contributed by atoms with Gasteiger partial charge in [-0.2, -0.15) is 0 Å². The van der Waals surface area contributed by atoms with Crippen molar-refractivity contribution >= 4 is 22.9 Å². The molecule has 0 atom stereocenters. The number of halogens is 1. The van der Waals surface area contributed by atoms with E-state index >= 15 is 0 Å². The fraction of sp³-hybridized carbons (Fsp3) is 0.333. The second-order valence-corrected chi connectivity index (χ2v) is 5.28. The Morgan fingerprint density at radius 2 is 2.18 bits per heavy atom. The topological polar surface area (TPSA) is 29.0 Å². The first-order chi connectivity index (χ1) is 8.16. The Bertz CT molecular complexity index is 498. The summed E-state index contributed by atoms with van der Waals surface area (Å²) in [6, 6.07) is 3.92. The molecule has 0 saturated carbocycles. The van der Waals surface area contributed by atoms with E-state index < -0.39 is 0 Å². The molecule has 0 N–H and O–H groups in total. The van der Waals surface area contributed by atoms with Crippen LogP contribution in [0, 0.1) is 6.92 Å². The fourth-order valence-corrected chi connectivity index (χ4v) is 2.64. The van der Waals surface area contributed by atoms with Crippen LogP contribution in [-0.4, -0.2) is 21.9 Å². The van der Waals surface area contributed by atoms with Gasteiger partial charge in [-0.1, -0.05) is 17.7 Å². The molecule has 0 fully saturated rings. The van der Waals surface area contributed by atoms with Crippen LogP contribution in [-0.2, 0) is 13.1 Å². The van der Waals surface area contributed by atoms with Crippen LogP contribution in [0.25, 0.3) is 0 Å². The second-order valence-electron chi connectivity index (χ2n) is 3.99. The van der Waals surface area contributed by atoms with Crippen molar-refractivity contribution in [2.45, 2.75) is 20.0 Å². The van der Waals surface area contributed by atoms with Crippen LogP contribution in [0.5, 0.6) is 0 Å². The van der Waals surface area contributed by atoms with Gasteiger partial charge in [-0.15, -0.1) is 11.3 Å². The highest BCUT2D eigenvalue weighted by Crippen LogP contribution is 2.18. The molecular weight excluding hydrogens is 254 g/mol. The van der Waals surface area contributed by atoms with Gasteiger partial charge in [0, 0.05) is 29.7 Å². The lowest BCUT2D eigenvalue weighted by atomic mass is 10.2. The van der Waals surface area contributed by atoms with Crippen LogP contribution in [0.4, 0.5) is 0 Å². The molecule has 5 heteroatoms. The maximum absolute atomic E-state index is 6.03. The van der Waals surface area contributed by atoms with Gasteiger partial charge >= 0.3 is 0 Å². The van der Waals surface area contributed by atoms with E-state index in [1.165, 1.54) is 4.88 Å². The van der Waals surface area contributed by atoms with Crippen molar-refractivity contribution in [3.63, 3.8) is 0 Å². The van der Waals surface area contributed by atoms with Crippen LogP contribution in [0.15, 0.2) is 23.8 Å². The van der Waals surface area contributed by atoms with Crippen molar-refractivity contribution < 1.29 is 0 Å². The van der Waals surface area contributed by atoms with Crippen molar-refractivity contribution in [3.8, 4) is 0 Å². The van der Waals surface area contributed by atoms with Crippen molar-refractivity contribution in [1.82, 2.24) is 14.9 Å². The molecule has 0 amide bonds. The quantitative estimate of drug-likeness (QED) is 0.797. The van der Waals surface area contributed by atoms with Crippen LogP contribution in [0.3, 0.4) is 0 Å². The van der Waals surface area contributed by atoms with Gasteiger partial charge in [-0.3, -0.25) is 4.90 Å². The molecule has 2 heterocycles. The number of thiazole rings is 1. The van der Waals surface area contributed by atoms with Crippen LogP contribution >= 0.6 is 22.9 Å². The highest BCUT2D eigenvalue weighted by molar-refractivity contribution is 7.09. The predicted molar refractivity (Wildman–Crippen MR) is 71.3 cm³/mol. The zero-order valence-corrected chi connectivity index (χ0v) is 11.4. The van der Waals surface area contributed by atoms with Crippen molar-refractivity contribution in [1.29, 1.82) is 0 Å². The van der Waals surface area contributed by atoms with Gasteiger partial charge in [-0.25, -0.2) is 9.97 Å². The van der Waals surface area contributed by atoms with Gasteiger partial charge in [0.2, 0.25) is 0 Å². The molecule has 3 nitrogen and oxygen atoms in total. The standard InChI is InChI=1S/C12H14ClN3S/c1-9-11(17-8-15-9)7-16(2)6-10-4-3-5-14-12(10)13/h3-5,8H,6-7H2,1-2H3. The minimum Gasteiger partial charge on any atom is -0.297 e. The lowest BCUT2D eigenvalue weighted by Crippen LogP contribution is -2.17. The van der Waals surface area contributed by atoms with Gasteiger partial charge in [-0.05, 0) is 20.0 Å². The normalized spacial score (nSPS) is 11.1. The van der Waals surface area contributed by atoms with E-state index in [2.05, 4.69) is 21.9 Å². The summed E-state index contributed by atoms with van der Waals surface area (Å²) in [5.74, 6) is 0. The molecule has 0 aromatic carbocycles. The lowest BCUT2D eigenvalue weighted by Gasteiger charge is -2.16. The van der Waals surface area contributed by atoms with E-state index in [4.69, 9.17) is 11.6 Å². The van der Waals surface area contributed by atoms with Crippen LogP contribution in [0.2, 0.25) is 5.15 Å². The molecule has 0 unspecified atom stereocenters. The third kappa shape index (κ3) is 3.25. The number of pyridine rings is 1. The summed E-state index contributed by atoms with van der Waals surface area (Å²) in [7, 11) is 2.07. The van der Waals surface area contributed by atoms with Crippen LogP contribution in [0.1, 0.15) is 16.1 Å². The number of hydrogen-bond donors (Lipinski definition) is 0. The van der Waals surface area contributed by atoms with Crippen LogP contribution < -0.4 is 0 Å². The van der Waals surface area contributed by atoms with Gasteiger partial charge in [0.1, 0.15) is 5.15 Å². The van der Waals surface area contributed by atoms with Crippen molar-refractivity contribution in [2.24, 2.45) is 0 Å². The predicted octanol–water partition coefficient (Wildman–Crippen LogP) is 3.13. The third-order valence-electron chi connectivity index (χ3n) is 2.53. The summed E-state index contributed by atoms with van der Waals surface area (Å²) in [6.45, 7) is 3.72. The van der Waals surface area contributed by atoms with E-state index in [0.29, 0.717) is 5.15 Å². The third-order valence-corrected chi connectivity index (χ3v) is 3.80. The van der Waals surface area contributed by atoms with Gasteiger partial charge < -0.3 is 0 Å². The molecule has 0 radical (unpaired) electrons. The van der Waals surface area contributed by atoms with E-state index in [0.717, 1.165) is 24.3 Å². The van der Waals surface area contributed by atoms with Gasteiger partial charge in [0.25, 0.3) is 0 Å². The summed E-state index contributed by atoms with van der Waals surface area (Å²) in [5, 5.41) is 0.584. The zero-order chi connectivity index (χ0) is 12.3. The minimum absolute atomic E-state index is 0.584. The molecule has 17 heavy (non-hydrogen) atoms. The second kappa shape index (κ2) is 5.58. The monoisotopic (exact) mass is 267 g/mol. The molecule has 2 aromatic rings. The highest BCUT2D eigenvalue weighted by Gasteiger charge is 2.08. The summed E-state index contributed by atoms with van der Waals surface area (Å²) in [6.07, 6.45) is 1.71. The largest absolute Gasteiger partial charge is 0.297 e. The summed E-state index contributed by atoms with van der Waals surface area (Å²) >= 11 is 7.73. The molecule has 2 aromatic heterocycles. The lowest BCUT2D eigenvalue weighted by molar-refractivity contribution is 0.321. The van der Waals surface area contributed by atoms with E-state index in [-0.39, 0.29) is 0 Å². The number of rotatable bonds is 4. The number of hydrogen-bond acceptors (Lipinski definition) is 4. The fourth-order valence-electron chi connectivity index (χ4n) is 1.61. The van der Waals surface area contributed by atoms with E-state index in [9.17, 15) is 0 Å². The number of nitrogens with zero attached hydrogens (tertiary/aromatic N) is 3. The molecule has 0 aliphatic rings. The van der Waals surface area contributed by atoms with E-state index in [1.807, 2.05) is 24.6 Å². The molecule has 0 spiro atoms. The van der Waals surface area contributed by atoms with Gasteiger partial charge in [0.05, 0.1) is 11.2 Å². The Balaban J connectivity index is 2.01. The Hall–Kier alpha value is -0.970. The molecule has 2 rings (SSSR count). The van der Waals surface area contributed by atoms with Crippen molar-refractivity contribution in [3.05, 3.63) is 45.1 Å². The average molecular weight is 268 g/mol. The molecule has 90 valence electrons. The molecule has 0 bridgehead atoms. The summed E-state index contributed by atoms with van der Waals surface area (Å²) < 4.78 is 0. The molecule has 0 saturated heterocycles. The smallest absolute Gasteiger partial charge is 0.133 e. The maximum atomic E-state index is 6.03. The first-order valence-corrected chi connectivity index (χ1v) is 6.59. The Morgan fingerprint density at radius 1 is 1.35 bits per heavy atom. The molecule has 0 aliphatic heterocycles. The minimum atomic E-state index is 0.584. The Morgan fingerprint density at radius 3 is 2.82 bits per heavy atom. The molecule has 0 aliphatic carbocycles. The average Bonchev–Trinajstić information content (AvgIpc) is 2.68. The first-order valence-electron chi connectivity index (χ1n) is 5.33. The number of aromatic nitrogens is 2. The first kappa shape index (κ1) is 12.5. The zero-order valence-electron chi connectivity index (χ0n) is 9.85. The summed E-state index contributed by atoms with van der Waals surface area (Å²) in [4.78, 5) is 11.8. The van der Waals surface area contributed by atoms with Crippen molar-refractivity contribution in [2.75, 3.05) is 7.05 Å².